The van der Waals surface area contributed by atoms with Crippen molar-refractivity contribution < 1.29 is 9.53 Å². The molecule has 2 heterocycles. The van der Waals surface area contributed by atoms with Crippen LogP contribution < -0.4 is 19.9 Å². The van der Waals surface area contributed by atoms with Crippen LogP contribution in [0.15, 0.2) is 59.6 Å². The number of aromatic nitrogens is 2. The number of carbonyl (C=O) groups excluding carboxylic acids is 1. The van der Waals surface area contributed by atoms with Crippen LogP contribution >= 0.6 is 11.8 Å². The number of carbonyl (C=O) groups is 1. The van der Waals surface area contributed by atoms with Crippen LogP contribution in [0.5, 0.6) is 5.75 Å². The van der Waals surface area contributed by atoms with Gasteiger partial charge in [-0.2, -0.15) is 0 Å². The Hall–Kier alpha value is -3.26. The van der Waals surface area contributed by atoms with Gasteiger partial charge in [-0.25, -0.2) is 0 Å². The molecule has 1 N–H and O–H groups in total. The van der Waals surface area contributed by atoms with Crippen LogP contribution in [0.3, 0.4) is 0 Å². The molecule has 7 nitrogen and oxygen atoms in total. The molecule has 1 aliphatic rings. The van der Waals surface area contributed by atoms with Crippen molar-refractivity contribution in [3.8, 4) is 5.75 Å². The number of aryl methyl sites for hydroxylation is 2. The number of anilines is 3. The molecule has 1 saturated heterocycles. The Kier molecular flexibility index (Phi) is 7.90. The number of hydrogen-bond donors (Lipinski definition) is 1. The second kappa shape index (κ2) is 11.2. The fourth-order valence-electron chi connectivity index (χ4n) is 3.93. The highest BCUT2D eigenvalue weighted by molar-refractivity contribution is 7.99. The van der Waals surface area contributed by atoms with Crippen LogP contribution in [0.25, 0.3) is 0 Å². The number of hydrogen-bond acceptors (Lipinski definition) is 7. The van der Waals surface area contributed by atoms with Crippen LogP contribution in [-0.2, 0) is 4.79 Å². The molecule has 0 aliphatic carbocycles. The normalized spacial score (nSPS) is 13.6. The fourth-order valence-corrected chi connectivity index (χ4v) is 4.55. The molecule has 1 amide bonds. The van der Waals surface area contributed by atoms with Gasteiger partial charge in [0.05, 0.1) is 12.4 Å². The summed E-state index contributed by atoms with van der Waals surface area (Å²) in [6.45, 7) is 10.6. The van der Waals surface area contributed by atoms with E-state index >= 15 is 0 Å². The van der Waals surface area contributed by atoms with Gasteiger partial charge in [0.15, 0.2) is 5.82 Å². The molecular weight excluding hydrogens is 446 g/mol. The van der Waals surface area contributed by atoms with E-state index in [4.69, 9.17) is 4.74 Å². The zero-order valence-corrected chi connectivity index (χ0v) is 20.8. The van der Waals surface area contributed by atoms with Crippen molar-refractivity contribution in [1.29, 1.82) is 0 Å². The lowest BCUT2D eigenvalue weighted by Crippen LogP contribution is -2.47. The Morgan fingerprint density at radius 3 is 2.38 bits per heavy atom. The van der Waals surface area contributed by atoms with E-state index in [-0.39, 0.29) is 11.7 Å². The number of piperazine rings is 1. The molecule has 0 bridgehead atoms. The highest BCUT2D eigenvalue weighted by Gasteiger charge is 2.20. The van der Waals surface area contributed by atoms with Crippen molar-refractivity contribution >= 4 is 34.9 Å². The van der Waals surface area contributed by atoms with Gasteiger partial charge in [0.25, 0.3) is 0 Å². The van der Waals surface area contributed by atoms with Gasteiger partial charge in [0.1, 0.15) is 10.8 Å². The summed E-state index contributed by atoms with van der Waals surface area (Å²) in [4.78, 5) is 17.0. The van der Waals surface area contributed by atoms with E-state index in [0.717, 1.165) is 48.5 Å². The minimum Gasteiger partial charge on any atom is -0.494 e. The molecule has 0 spiro atoms. The van der Waals surface area contributed by atoms with Gasteiger partial charge in [-0.3, -0.25) is 4.79 Å². The van der Waals surface area contributed by atoms with Crippen LogP contribution in [-0.4, -0.2) is 54.6 Å². The number of nitrogens with zero attached hydrogens (tertiary/aromatic N) is 4. The van der Waals surface area contributed by atoms with Crippen LogP contribution in [0, 0.1) is 13.8 Å². The molecule has 8 heteroatoms. The topological polar surface area (TPSA) is 70.6 Å². The first-order valence-corrected chi connectivity index (χ1v) is 12.6. The lowest BCUT2D eigenvalue weighted by molar-refractivity contribution is -0.113. The summed E-state index contributed by atoms with van der Waals surface area (Å²) < 4.78 is 5.42. The number of nitrogens with one attached hydrogen (secondary N) is 1. The molecule has 0 atom stereocenters. The van der Waals surface area contributed by atoms with Crippen LogP contribution in [0.1, 0.15) is 18.1 Å². The predicted octanol–water partition coefficient (Wildman–Crippen LogP) is 4.55. The fraction of sp³-hybridized carbons (Fsp3) is 0.346. The Morgan fingerprint density at radius 1 is 0.971 bits per heavy atom. The molecule has 0 unspecified atom stereocenters. The third kappa shape index (κ3) is 6.20. The summed E-state index contributed by atoms with van der Waals surface area (Å²) in [5.41, 5.74) is 4.67. The maximum Gasteiger partial charge on any atom is 0.234 e. The van der Waals surface area contributed by atoms with Crippen LogP contribution in [0.4, 0.5) is 17.2 Å². The Labute approximate surface area is 205 Å². The number of thioether (sulfide) groups is 1. The quantitative estimate of drug-likeness (QED) is 0.477. The van der Waals surface area contributed by atoms with Crippen molar-refractivity contribution in [2.45, 2.75) is 25.8 Å². The van der Waals surface area contributed by atoms with Gasteiger partial charge < -0.3 is 19.9 Å². The minimum atomic E-state index is -0.0809. The van der Waals surface area contributed by atoms with Crippen LogP contribution in [0.2, 0.25) is 0 Å². The van der Waals surface area contributed by atoms with Crippen molar-refractivity contribution in [2.75, 3.05) is 53.7 Å². The maximum absolute atomic E-state index is 12.3. The average molecular weight is 478 g/mol. The third-order valence-electron chi connectivity index (χ3n) is 5.74. The second-order valence-corrected chi connectivity index (χ2v) is 9.28. The molecule has 0 saturated carbocycles. The number of benzene rings is 2. The first-order valence-electron chi connectivity index (χ1n) is 11.6. The first kappa shape index (κ1) is 23.9. The Balaban J connectivity index is 1.25. The predicted molar refractivity (Wildman–Crippen MR) is 139 cm³/mol. The Morgan fingerprint density at radius 2 is 1.71 bits per heavy atom. The van der Waals surface area contributed by atoms with E-state index < -0.39 is 0 Å². The number of rotatable bonds is 8. The van der Waals surface area contributed by atoms with E-state index in [9.17, 15) is 4.79 Å². The largest absolute Gasteiger partial charge is 0.494 e. The summed E-state index contributed by atoms with van der Waals surface area (Å²) in [7, 11) is 0. The smallest absolute Gasteiger partial charge is 0.234 e. The van der Waals surface area contributed by atoms with Gasteiger partial charge >= 0.3 is 0 Å². The highest BCUT2D eigenvalue weighted by atomic mass is 32.2. The molecule has 34 heavy (non-hydrogen) atoms. The van der Waals surface area contributed by atoms with Gasteiger partial charge in [-0.05, 0) is 74.4 Å². The molecule has 0 radical (unpaired) electrons. The van der Waals surface area contributed by atoms with E-state index in [0.29, 0.717) is 6.61 Å². The summed E-state index contributed by atoms with van der Waals surface area (Å²) in [5.74, 6) is 1.86. The van der Waals surface area contributed by atoms with Crippen molar-refractivity contribution in [3.05, 3.63) is 65.7 Å². The maximum atomic E-state index is 12.3. The summed E-state index contributed by atoms with van der Waals surface area (Å²) in [5, 5.41) is 12.4. The lowest BCUT2D eigenvalue weighted by atomic mass is 10.1. The second-order valence-electron chi connectivity index (χ2n) is 8.29. The average Bonchev–Trinajstić information content (AvgIpc) is 2.86. The monoisotopic (exact) mass is 477 g/mol. The molecule has 4 rings (SSSR count). The van der Waals surface area contributed by atoms with E-state index in [2.05, 4.69) is 57.4 Å². The highest BCUT2D eigenvalue weighted by Crippen LogP contribution is 2.25. The van der Waals surface area contributed by atoms with E-state index in [1.165, 1.54) is 28.6 Å². The zero-order chi connectivity index (χ0) is 23.9. The molecule has 1 fully saturated rings. The molecule has 1 aromatic heterocycles. The third-order valence-corrected chi connectivity index (χ3v) is 6.66. The van der Waals surface area contributed by atoms with Crippen molar-refractivity contribution in [1.82, 2.24) is 10.2 Å². The van der Waals surface area contributed by atoms with Gasteiger partial charge in [-0.15, -0.1) is 10.2 Å². The lowest BCUT2D eigenvalue weighted by Gasteiger charge is -2.37. The molecule has 1 aliphatic heterocycles. The summed E-state index contributed by atoms with van der Waals surface area (Å²) in [6, 6.07) is 17.9. The minimum absolute atomic E-state index is 0.0809. The standard InChI is InChI=1S/C26H31N5O2S/c1-4-33-22-9-7-21(8-10-22)27-25(32)18-34-26-12-11-24(28-29-26)31-15-13-30(14-16-31)23-17-19(2)5-6-20(23)3/h5-12,17H,4,13-16,18H2,1-3H3,(H,27,32). The van der Waals surface area contributed by atoms with Gasteiger partial charge in [0.2, 0.25) is 5.91 Å². The van der Waals surface area contributed by atoms with E-state index in [1.54, 1.807) is 0 Å². The van der Waals surface area contributed by atoms with Crippen molar-refractivity contribution in [3.63, 3.8) is 0 Å². The molecule has 2 aromatic carbocycles. The number of amides is 1. The van der Waals surface area contributed by atoms with Gasteiger partial charge in [-0.1, -0.05) is 23.9 Å². The Bertz CT molecular complexity index is 1100. The molecule has 178 valence electrons. The van der Waals surface area contributed by atoms with Gasteiger partial charge in [0, 0.05) is 37.6 Å². The zero-order valence-electron chi connectivity index (χ0n) is 20.0. The number of ether oxygens (including phenoxy) is 1. The SMILES string of the molecule is CCOc1ccc(NC(=O)CSc2ccc(N3CCN(c4cc(C)ccc4C)CC3)nn2)cc1. The summed E-state index contributed by atoms with van der Waals surface area (Å²) >= 11 is 1.38. The van der Waals surface area contributed by atoms with E-state index in [1.807, 2.05) is 43.3 Å². The van der Waals surface area contributed by atoms with Crippen molar-refractivity contribution in [2.24, 2.45) is 0 Å². The summed E-state index contributed by atoms with van der Waals surface area (Å²) in [6.07, 6.45) is 0. The molecule has 3 aromatic rings. The first-order chi connectivity index (χ1) is 16.5. The molecular formula is C26H31N5O2S.